The molecule has 1 atom stereocenters. The molecule has 1 amide bonds. The van der Waals surface area contributed by atoms with Gasteiger partial charge in [0.05, 0.1) is 25.8 Å². The first-order valence-corrected chi connectivity index (χ1v) is 7.24. The molecule has 6 heteroatoms. The molecule has 0 saturated carbocycles. The lowest BCUT2D eigenvalue weighted by Crippen LogP contribution is -2.42. The van der Waals surface area contributed by atoms with Crippen LogP contribution in [-0.4, -0.2) is 47.6 Å². The fourth-order valence-electron chi connectivity index (χ4n) is 2.59. The number of nitrogens with zero attached hydrogens (tertiary/aromatic N) is 2. The van der Waals surface area contributed by atoms with Gasteiger partial charge in [-0.25, -0.2) is 4.98 Å². The monoisotopic (exact) mass is 301 g/mol. The Labute approximate surface area is 129 Å². The van der Waals surface area contributed by atoms with Gasteiger partial charge in [-0.3, -0.25) is 4.79 Å². The predicted molar refractivity (Wildman–Crippen MR) is 80.9 cm³/mol. The lowest BCUT2D eigenvalue weighted by atomic mass is 10.1. The average Bonchev–Trinajstić information content (AvgIpc) is 3.01. The molecule has 1 fully saturated rings. The highest BCUT2D eigenvalue weighted by Gasteiger charge is 2.28. The van der Waals surface area contributed by atoms with Crippen LogP contribution >= 0.6 is 0 Å². The summed E-state index contributed by atoms with van der Waals surface area (Å²) >= 11 is 0. The summed E-state index contributed by atoms with van der Waals surface area (Å²) in [6, 6.07) is 7.26. The van der Waals surface area contributed by atoms with Crippen LogP contribution in [0.3, 0.4) is 0 Å². The maximum atomic E-state index is 12.7. The summed E-state index contributed by atoms with van der Waals surface area (Å²) in [6.45, 7) is 3.47. The van der Waals surface area contributed by atoms with Crippen molar-refractivity contribution < 1.29 is 14.3 Å². The van der Waals surface area contributed by atoms with E-state index < -0.39 is 0 Å². The van der Waals surface area contributed by atoms with E-state index >= 15 is 0 Å². The molecule has 0 bridgehead atoms. The zero-order chi connectivity index (χ0) is 15.5. The van der Waals surface area contributed by atoms with Gasteiger partial charge >= 0.3 is 0 Å². The SMILES string of the molecule is COc1ccccc1C(=O)N1CCO[C@@H](c2ncc(C)[nH]2)C1. The quantitative estimate of drug-likeness (QED) is 0.941. The number of nitrogens with one attached hydrogen (secondary N) is 1. The summed E-state index contributed by atoms with van der Waals surface area (Å²) in [7, 11) is 1.57. The predicted octanol–water partition coefficient (Wildman–Crippen LogP) is 1.94. The standard InChI is InChI=1S/C16H19N3O3/c1-11-9-17-15(18-11)14-10-19(7-8-22-14)16(20)12-5-3-4-6-13(12)21-2/h3-6,9,14H,7-8,10H2,1-2H3,(H,17,18)/t14-/m1/s1. The summed E-state index contributed by atoms with van der Waals surface area (Å²) in [5.41, 5.74) is 1.55. The van der Waals surface area contributed by atoms with Crippen molar-refractivity contribution in [3.63, 3.8) is 0 Å². The maximum Gasteiger partial charge on any atom is 0.257 e. The third-order valence-corrected chi connectivity index (χ3v) is 3.72. The number of carbonyl (C=O) groups excluding carboxylic acids is 1. The minimum atomic E-state index is -0.221. The Balaban J connectivity index is 1.78. The Hall–Kier alpha value is -2.34. The molecule has 2 aromatic rings. The molecule has 1 saturated heterocycles. The molecule has 2 heterocycles. The second kappa shape index (κ2) is 6.19. The lowest BCUT2D eigenvalue weighted by molar-refractivity contribution is -0.0265. The second-order valence-electron chi connectivity index (χ2n) is 5.26. The molecule has 1 aliphatic heterocycles. The zero-order valence-electron chi connectivity index (χ0n) is 12.7. The minimum absolute atomic E-state index is 0.0472. The molecule has 0 spiro atoms. The Bertz CT molecular complexity index is 668. The van der Waals surface area contributed by atoms with E-state index in [0.717, 1.165) is 11.5 Å². The Morgan fingerprint density at radius 2 is 2.27 bits per heavy atom. The number of benzene rings is 1. The van der Waals surface area contributed by atoms with Crippen LogP contribution in [0.4, 0.5) is 0 Å². The number of hydrogen-bond donors (Lipinski definition) is 1. The smallest absolute Gasteiger partial charge is 0.257 e. The fourth-order valence-corrected chi connectivity index (χ4v) is 2.59. The number of H-pyrrole nitrogens is 1. The molecule has 0 unspecified atom stereocenters. The van der Waals surface area contributed by atoms with Crippen molar-refractivity contribution in [1.82, 2.24) is 14.9 Å². The number of para-hydroxylation sites is 1. The molecular weight excluding hydrogens is 282 g/mol. The van der Waals surface area contributed by atoms with Crippen LogP contribution in [0.5, 0.6) is 5.75 Å². The van der Waals surface area contributed by atoms with Gasteiger partial charge < -0.3 is 19.4 Å². The third-order valence-electron chi connectivity index (χ3n) is 3.72. The number of rotatable bonds is 3. The van der Waals surface area contributed by atoms with E-state index in [0.29, 0.717) is 31.0 Å². The first-order chi connectivity index (χ1) is 10.7. The van der Waals surface area contributed by atoms with E-state index in [1.54, 1.807) is 30.3 Å². The fraction of sp³-hybridized carbons (Fsp3) is 0.375. The Morgan fingerprint density at radius 1 is 1.45 bits per heavy atom. The molecule has 22 heavy (non-hydrogen) atoms. The summed E-state index contributed by atoms with van der Waals surface area (Å²) in [5.74, 6) is 1.30. The molecule has 1 aromatic heterocycles. The number of morpholine rings is 1. The summed E-state index contributed by atoms with van der Waals surface area (Å²) < 4.78 is 11.0. The summed E-state index contributed by atoms with van der Waals surface area (Å²) in [4.78, 5) is 22.0. The molecule has 3 rings (SSSR count). The molecule has 1 aliphatic rings. The van der Waals surface area contributed by atoms with Gasteiger partial charge in [0.15, 0.2) is 0 Å². The molecular formula is C16H19N3O3. The number of carbonyl (C=O) groups is 1. The van der Waals surface area contributed by atoms with Crippen molar-refractivity contribution >= 4 is 5.91 Å². The highest BCUT2D eigenvalue weighted by Crippen LogP contribution is 2.24. The molecule has 116 valence electrons. The second-order valence-corrected chi connectivity index (χ2v) is 5.26. The van der Waals surface area contributed by atoms with Crippen molar-refractivity contribution in [3.05, 3.63) is 47.5 Å². The number of methoxy groups -OCH3 is 1. The molecule has 1 N–H and O–H groups in total. The van der Waals surface area contributed by atoms with Crippen molar-refractivity contribution in [2.45, 2.75) is 13.0 Å². The molecule has 1 aromatic carbocycles. The van der Waals surface area contributed by atoms with Crippen molar-refractivity contribution in [2.24, 2.45) is 0 Å². The van der Waals surface area contributed by atoms with E-state index in [1.807, 2.05) is 19.1 Å². The summed E-state index contributed by atoms with van der Waals surface area (Å²) in [5, 5.41) is 0. The van der Waals surface area contributed by atoms with Gasteiger partial charge in [0, 0.05) is 18.4 Å². The number of ether oxygens (including phenoxy) is 2. The van der Waals surface area contributed by atoms with Gasteiger partial charge in [-0.1, -0.05) is 12.1 Å². The van der Waals surface area contributed by atoms with Gasteiger partial charge in [0.1, 0.15) is 17.7 Å². The lowest BCUT2D eigenvalue weighted by Gasteiger charge is -2.32. The number of hydrogen-bond acceptors (Lipinski definition) is 4. The van der Waals surface area contributed by atoms with Crippen LogP contribution < -0.4 is 4.74 Å². The number of imidazole rings is 1. The van der Waals surface area contributed by atoms with Crippen LogP contribution in [0.1, 0.15) is 28.0 Å². The molecule has 6 nitrogen and oxygen atoms in total. The Morgan fingerprint density at radius 3 is 3.00 bits per heavy atom. The van der Waals surface area contributed by atoms with Gasteiger partial charge in [-0.15, -0.1) is 0 Å². The normalized spacial score (nSPS) is 18.3. The van der Waals surface area contributed by atoms with E-state index in [-0.39, 0.29) is 12.0 Å². The van der Waals surface area contributed by atoms with Gasteiger partial charge in [-0.05, 0) is 19.1 Å². The maximum absolute atomic E-state index is 12.7. The van der Waals surface area contributed by atoms with Crippen LogP contribution in [0, 0.1) is 6.92 Å². The minimum Gasteiger partial charge on any atom is -0.496 e. The van der Waals surface area contributed by atoms with E-state index in [4.69, 9.17) is 9.47 Å². The number of amides is 1. The van der Waals surface area contributed by atoms with Crippen molar-refractivity contribution in [3.8, 4) is 5.75 Å². The zero-order valence-corrected chi connectivity index (χ0v) is 12.7. The summed E-state index contributed by atoms with van der Waals surface area (Å²) in [6.07, 6.45) is 1.54. The Kier molecular flexibility index (Phi) is 4.11. The highest BCUT2D eigenvalue weighted by molar-refractivity contribution is 5.97. The van der Waals surface area contributed by atoms with Gasteiger partial charge in [0.2, 0.25) is 0 Å². The first-order valence-electron chi connectivity index (χ1n) is 7.24. The molecule has 0 aliphatic carbocycles. The van der Waals surface area contributed by atoms with E-state index in [1.165, 1.54) is 0 Å². The average molecular weight is 301 g/mol. The van der Waals surface area contributed by atoms with Gasteiger partial charge in [0.25, 0.3) is 5.91 Å². The number of aromatic nitrogens is 2. The van der Waals surface area contributed by atoms with Crippen LogP contribution in [0.15, 0.2) is 30.5 Å². The number of aromatic amines is 1. The van der Waals surface area contributed by atoms with Crippen molar-refractivity contribution in [1.29, 1.82) is 0 Å². The molecule has 0 radical (unpaired) electrons. The van der Waals surface area contributed by atoms with Crippen LogP contribution in [0.2, 0.25) is 0 Å². The largest absolute Gasteiger partial charge is 0.496 e. The van der Waals surface area contributed by atoms with E-state index in [9.17, 15) is 4.79 Å². The van der Waals surface area contributed by atoms with Crippen LogP contribution in [-0.2, 0) is 4.74 Å². The van der Waals surface area contributed by atoms with E-state index in [2.05, 4.69) is 9.97 Å². The third kappa shape index (κ3) is 2.82. The highest BCUT2D eigenvalue weighted by atomic mass is 16.5. The number of aryl methyl sites for hydroxylation is 1. The topological polar surface area (TPSA) is 67.4 Å². The first kappa shape index (κ1) is 14.6. The van der Waals surface area contributed by atoms with Crippen LogP contribution in [0.25, 0.3) is 0 Å². The van der Waals surface area contributed by atoms with Gasteiger partial charge in [-0.2, -0.15) is 0 Å². The van der Waals surface area contributed by atoms with Crippen molar-refractivity contribution in [2.75, 3.05) is 26.8 Å².